The summed E-state index contributed by atoms with van der Waals surface area (Å²) >= 11 is 0. The molecule has 1 aromatic rings. The van der Waals surface area contributed by atoms with Crippen molar-refractivity contribution >= 4 is 5.69 Å². The highest BCUT2D eigenvalue weighted by Gasteiger charge is 1.94. The molecule has 0 aliphatic heterocycles. The standard InChI is InChI=1S/C6H8FN3/c1-5(7)3-10-4-6(8)2-9-10/h2,4H,1,3,8H2. The van der Waals surface area contributed by atoms with Crippen molar-refractivity contribution in [3.05, 3.63) is 24.8 Å². The smallest absolute Gasteiger partial charge is 0.114 e. The van der Waals surface area contributed by atoms with E-state index in [4.69, 9.17) is 5.73 Å². The average molecular weight is 141 g/mol. The molecule has 3 nitrogen and oxygen atoms in total. The van der Waals surface area contributed by atoms with E-state index in [1.165, 1.54) is 10.9 Å². The van der Waals surface area contributed by atoms with Crippen LogP contribution in [0.5, 0.6) is 0 Å². The van der Waals surface area contributed by atoms with E-state index in [2.05, 4.69) is 11.7 Å². The van der Waals surface area contributed by atoms with Gasteiger partial charge in [0.05, 0.1) is 18.4 Å². The average Bonchev–Trinajstić information content (AvgIpc) is 2.13. The lowest BCUT2D eigenvalue weighted by Crippen LogP contribution is -1.97. The highest BCUT2D eigenvalue weighted by Crippen LogP contribution is 2.01. The van der Waals surface area contributed by atoms with Crippen molar-refractivity contribution in [1.29, 1.82) is 0 Å². The van der Waals surface area contributed by atoms with Gasteiger partial charge < -0.3 is 5.73 Å². The number of rotatable bonds is 2. The first-order valence-electron chi connectivity index (χ1n) is 2.79. The third-order valence-electron chi connectivity index (χ3n) is 0.987. The van der Waals surface area contributed by atoms with E-state index in [9.17, 15) is 4.39 Å². The second kappa shape index (κ2) is 2.51. The van der Waals surface area contributed by atoms with E-state index < -0.39 is 5.83 Å². The van der Waals surface area contributed by atoms with Crippen molar-refractivity contribution in [3.63, 3.8) is 0 Å². The van der Waals surface area contributed by atoms with Crippen molar-refractivity contribution in [2.45, 2.75) is 6.54 Å². The molecule has 54 valence electrons. The molecule has 0 radical (unpaired) electrons. The molecular weight excluding hydrogens is 133 g/mol. The molecule has 2 N–H and O–H groups in total. The van der Waals surface area contributed by atoms with Crippen LogP contribution in [0.25, 0.3) is 0 Å². The predicted molar refractivity (Wildman–Crippen MR) is 36.9 cm³/mol. The maximum Gasteiger partial charge on any atom is 0.114 e. The number of halogens is 1. The van der Waals surface area contributed by atoms with Gasteiger partial charge in [0.1, 0.15) is 5.83 Å². The highest BCUT2D eigenvalue weighted by molar-refractivity contribution is 5.30. The van der Waals surface area contributed by atoms with Crippen LogP contribution in [-0.4, -0.2) is 9.78 Å². The van der Waals surface area contributed by atoms with Gasteiger partial charge in [-0.25, -0.2) is 4.39 Å². The van der Waals surface area contributed by atoms with Gasteiger partial charge in [0.2, 0.25) is 0 Å². The summed E-state index contributed by atoms with van der Waals surface area (Å²) in [7, 11) is 0. The molecule has 0 spiro atoms. The van der Waals surface area contributed by atoms with Crippen molar-refractivity contribution in [1.82, 2.24) is 9.78 Å². The summed E-state index contributed by atoms with van der Waals surface area (Å²) < 4.78 is 13.5. The van der Waals surface area contributed by atoms with Crippen LogP contribution in [0.3, 0.4) is 0 Å². The molecule has 4 heteroatoms. The third kappa shape index (κ3) is 1.58. The van der Waals surface area contributed by atoms with Gasteiger partial charge in [-0.2, -0.15) is 5.10 Å². The molecule has 1 rings (SSSR count). The number of nitrogens with two attached hydrogens (primary N) is 1. The first-order chi connectivity index (χ1) is 4.68. The number of hydrogen-bond acceptors (Lipinski definition) is 2. The van der Waals surface area contributed by atoms with Crippen LogP contribution >= 0.6 is 0 Å². The largest absolute Gasteiger partial charge is 0.396 e. The monoisotopic (exact) mass is 141 g/mol. The number of allylic oxidation sites excluding steroid dienone is 1. The Kier molecular flexibility index (Phi) is 1.71. The molecule has 0 atom stereocenters. The molecule has 10 heavy (non-hydrogen) atoms. The van der Waals surface area contributed by atoms with Gasteiger partial charge in [-0.1, -0.05) is 6.58 Å². The van der Waals surface area contributed by atoms with E-state index in [-0.39, 0.29) is 6.54 Å². The summed E-state index contributed by atoms with van der Waals surface area (Å²) in [5, 5.41) is 3.75. The van der Waals surface area contributed by atoms with Crippen LogP contribution in [-0.2, 0) is 6.54 Å². The minimum absolute atomic E-state index is 0.0806. The van der Waals surface area contributed by atoms with Crippen LogP contribution in [0, 0.1) is 0 Å². The van der Waals surface area contributed by atoms with E-state index in [1.807, 2.05) is 0 Å². The molecule has 0 fully saturated rings. The normalized spacial score (nSPS) is 9.70. The fourth-order valence-electron chi connectivity index (χ4n) is 0.642. The third-order valence-corrected chi connectivity index (χ3v) is 0.987. The second-order valence-electron chi connectivity index (χ2n) is 1.99. The summed E-state index contributed by atoms with van der Waals surface area (Å²) in [5.74, 6) is -0.428. The molecule has 0 saturated carbocycles. The Bertz CT molecular complexity index is 241. The molecule has 0 unspecified atom stereocenters. The second-order valence-corrected chi connectivity index (χ2v) is 1.99. The number of hydrogen-bond donors (Lipinski definition) is 1. The summed E-state index contributed by atoms with van der Waals surface area (Å²) in [6, 6.07) is 0. The Balaban J connectivity index is 2.67. The minimum atomic E-state index is -0.428. The zero-order valence-electron chi connectivity index (χ0n) is 5.42. The first-order valence-corrected chi connectivity index (χ1v) is 2.79. The number of aromatic nitrogens is 2. The Morgan fingerprint density at radius 1 is 1.90 bits per heavy atom. The molecule has 0 aromatic carbocycles. The zero-order chi connectivity index (χ0) is 7.56. The molecule has 0 aliphatic carbocycles. The fourth-order valence-corrected chi connectivity index (χ4v) is 0.642. The fraction of sp³-hybridized carbons (Fsp3) is 0.167. The first kappa shape index (κ1) is 6.80. The number of nitrogens with zero attached hydrogens (tertiary/aromatic N) is 2. The number of nitrogen functional groups attached to an aromatic ring is 1. The van der Waals surface area contributed by atoms with Crippen molar-refractivity contribution < 1.29 is 4.39 Å². The molecule has 1 aromatic heterocycles. The Morgan fingerprint density at radius 2 is 2.60 bits per heavy atom. The molecule has 0 aliphatic rings. The van der Waals surface area contributed by atoms with E-state index in [0.717, 1.165) is 0 Å². The van der Waals surface area contributed by atoms with Crippen LogP contribution < -0.4 is 5.73 Å². The van der Waals surface area contributed by atoms with Crippen LogP contribution in [0.2, 0.25) is 0 Å². The highest BCUT2D eigenvalue weighted by atomic mass is 19.1. The van der Waals surface area contributed by atoms with Gasteiger partial charge in [-0.05, 0) is 0 Å². The van der Waals surface area contributed by atoms with Crippen LogP contribution in [0.4, 0.5) is 10.1 Å². The Labute approximate surface area is 57.9 Å². The SMILES string of the molecule is C=C(F)Cn1cc(N)cn1. The Hall–Kier alpha value is -1.32. The predicted octanol–water partition coefficient (Wildman–Crippen LogP) is 0.948. The Morgan fingerprint density at radius 3 is 3.00 bits per heavy atom. The van der Waals surface area contributed by atoms with Crippen LogP contribution in [0.1, 0.15) is 0 Å². The number of anilines is 1. The molecule has 0 bridgehead atoms. The molecule has 0 saturated heterocycles. The van der Waals surface area contributed by atoms with Gasteiger partial charge in [0.25, 0.3) is 0 Å². The zero-order valence-corrected chi connectivity index (χ0v) is 5.42. The van der Waals surface area contributed by atoms with E-state index in [1.54, 1.807) is 6.20 Å². The van der Waals surface area contributed by atoms with E-state index >= 15 is 0 Å². The summed E-state index contributed by atoms with van der Waals surface area (Å²) in [4.78, 5) is 0. The summed E-state index contributed by atoms with van der Waals surface area (Å²) in [6.07, 6.45) is 3.01. The van der Waals surface area contributed by atoms with Gasteiger partial charge in [-0.15, -0.1) is 0 Å². The minimum Gasteiger partial charge on any atom is -0.396 e. The lowest BCUT2D eigenvalue weighted by Gasteiger charge is -1.94. The lowest BCUT2D eigenvalue weighted by molar-refractivity contribution is 0.531. The molecule has 0 amide bonds. The van der Waals surface area contributed by atoms with Gasteiger partial charge in [0.15, 0.2) is 0 Å². The summed E-state index contributed by atoms with van der Waals surface area (Å²) in [5.41, 5.74) is 5.85. The molecule has 1 heterocycles. The van der Waals surface area contributed by atoms with Gasteiger partial charge >= 0.3 is 0 Å². The summed E-state index contributed by atoms with van der Waals surface area (Å²) in [6.45, 7) is 3.17. The topological polar surface area (TPSA) is 43.8 Å². The quantitative estimate of drug-likeness (QED) is 0.666. The van der Waals surface area contributed by atoms with E-state index in [0.29, 0.717) is 5.69 Å². The molecular formula is C6H8FN3. The van der Waals surface area contributed by atoms with Crippen molar-refractivity contribution in [2.75, 3.05) is 5.73 Å². The lowest BCUT2D eigenvalue weighted by atomic mass is 10.6. The van der Waals surface area contributed by atoms with Crippen molar-refractivity contribution in [2.24, 2.45) is 0 Å². The maximum atomic E-state index is 12.1. The van der Waals surface area contributed by atoms with Crippen molar-refractivity contribution in [3.8, 4) is 0 Å². The van der Waals surface area contributed by atoms with Crippen LogP contribution in [0.15, 0.2) is 24.8 Å². The maximum absolute atomic E-state index is 12.1. The van der Waals surface area contributed by atoms with Gasteiger partial charge in [0, 0.05) is 6.20 Å². The van der Waals surface area contributed by atoms with Gasteiger partial charge in [-0.3, -0.25) is 4.68 Å².